The van der Waals surface area contributed by atoms with Gasteiger partial charge in [0.25, 0.3) is 0 Å². The highest BCUT2D eigenvalue weighted by atomic mass is 16.4. The molecule has 1 rings (SSSR count). The molecule has 0 saturated heterocycles. The molecule has 1 saturated carbocycles. The van der Waals surface area contributed by atoms with Crippen LogP contribution in [0.15, 0.2) is 0 Å². The van der Waals surface area contributed by atoms with Crippen LogP contribution in [0.1, 0.15) is 38.5 Å². The van der Waals surface area contributed by atoms with Crippen LogP contribution in [-0.4, -0.2) is 51.6 Å². The van der Waals surface area contributed by atoms with Gasteiger partial charge in [0.05, 0.1) is 0 Å². The van der Waals surface area contributed by atoms with E-state index in [9.17, 15) is 14.4 Å². The topological polar surface area (TPSA) is 121 Å². The minimum Gasteiger partial charge on any atom is -0.480 e. The second-order valence-electron chi connectivity index (χ2n) is 5.14. The van der Waals surface area contributed by atoms with Crippen LogP contribution >= 0.6 is 0 Å². The standard InChI is InChI=1S/C12H20N2O5/c13-12(4-2-1-3-5-12)6-9(15)14(7-10(16)17)8-11(18)19/h1-8,13H2,(H,16,17)(H,18,19). The molecule has 1 fully saturated rings. The fourth-order valence-corrected chi connectivity index (χ4v) is 2.40. The van der Waals surface area contributed by atoms with Crippen LogP contribution in [0.25, 0.3) is 0 Å². The molecule has 0 atom stereocenters. The predicted octanol–water partition coefficient (Wildman–Crippen LogP) is 0.0359. The van der Waals surface area contributed by atoms with Crippen molar-refractivity contribution in [2.75, 3.05) is 13.1 Å². The van der Waals surface area contributed by atoms with E-state index in [2.05, 4.69) is 0 Å². The van der Waals surface area contributed by atoms with Gasteiger partial charge in [-0.15, -0.1) is 0 Å². The number of nitrogens with two attached hydrogens (primary N) is 1. The van der Waals surface area contributed by atoms with Crippen LogP contribution in [0.5, 0.6) is 0 Å². The number of carboxylic acid groups (broad SMARTS) is 2. The molecule has 0 aliphatic heterocycles. The predicted molar refractivity (Wildman–Crippen MR) is 66.5 cm³/mol. The molecule has 0 radical (unpaired) electrons. The van der Waals surface area contributed by atoms with Gasteiger partial charge in [0.2, 0.25) is 5.91 Å². The summed E-state index contributed by atoms with van der Waals surface area (Å²) < 4.78 is 0. The highest BCUT2D eigenvalue weighted by Crippen LogP contribution is 2.29. The molecule has 4 N–H and O–H groups in total. The minimum absolute atomic E-state index is 0.00750. The van der Waals surface area contributed by atoms with Gasteiger partial charge in [-0.25, -0.2) is 0 Å². The normalized spacial score (nSPS) is 17.7. The minimum atomic E-state index is -1.23. The Morgan fingerprint density at radius 1 is 1.00 bits per heavy atom. The first-order chi connectivity index (χ1) is 8.82. The van der Waals surface area contributed by atoms with Crippen molar-refractivity contribution in [3.05, 3.63) is 0 Å². The second kappa shape index (κ2) is 6.51. The van der Waals surface area contributed by atoms with Crippen molar-refractivity contribution in [2.45, 2.75) is 44.1 Å². The number of rotatable bonds is 6. The SMILES string of the molecule is NC1(CC(=O)N(CC(=O)O)CC(=O)O)CCCCC1. The maximum atomic E-state index is 12.0. The van der Waals surface area contributed by atoms with Gasteiger partial charge in [-0.3, -0.25) is 14.4 Å². The quantitative estimate of drug-likeness (QED) is 0.627. The lowest BCUT2D eigenvalue weighted by Gasteiger charge is -2.34. The lowest BCUT2D eigenvalue weighted by Crippen LogP contribution is -2.48. The van der Waals surface area contributed by atoms with Crippen LogP contribution in [0, 0.1) is 0 Å². The molecule has 0 aromatic heterocycles. The molecule has 19 heavy (non-hydrogen) atoms. The molecular formula is C12H20N2O5. The summed E-state index contributed by atoms with van der Waals surface area (Å²) in [7, 11) is 0. The number of aliphatic carboxylic acids is 2. The van der Waals surface area contributed by atoms with Crippen LogP contribution in [-0.2, 0) is 14.4 Å². The summed E-state index contributed by atoms with van der Waals surface area (Å²) in [5.74, 6) is -2.97. The number of carbonyl (C=O) groups is 3. The van der Waals surface area contributed by atoms with Crippen LogP contribution < -0.4 is 5.73 Å². The van der Waals surface area contributed by atoms with E-state index < -0.39 is 36.5 Å². The Morgan fingerprint density at radius 2 is 1.47 bits per heavy atom. The Labute approximate surface area is 111 Å². The number of amides is 1. The van der Waals surface area contributed by atoms with Gasteiger partial charge in [-0.05, 0) is 12.8 Å². The summed E-state index contributed by atoms with van der Waals surface area (Å²) in [6.45, 7) is -1.22. The van der Waals surface area contributed by atoms with Gasteiger partial charge < -0.3 is 20.8 Å². The zero-order valence-electron chi connectivity index (χ0n) is 10.8. The zero-order chi connectivity index (χ0) is 14.5. The molecule has 1 amide bonds. The van der Waals surface area contributed by atoms with Crippen molar-refractivity contribution in [3.63, 3.8) is 0 Å². The average Bonchev–Trinajstić information content (AvgIpc) is 2.27. The molecule has 108 valence electrons. The Hall–Kier alpha value is -1.63. The van der Waals surface area contributed by atoms with Crippen LogP contribution in [0.2, 0.25) is 0 Å². The lowest BCUT2D eigenvalue weighted by atomic mass is 9.80. The average molecular weight is 272 g/mol. The number of hydrogen-bond acceptors (Lipinski definition) is 4. The summed E-state index contributed by atoms with van der Waals surface area (Å²) in [5.41, 5.74) is 5.50. The summed E-state index contributed by atoms with van der Waals surface area (Å²) in [6, 6.07) is 0. The van der Waals surface area contributed by atoms with E-state index in [1.54, 1.807) is 0 Å². The van der Waals surface area contributed by atoms with E-state index in [0.29, 0.717) is 12.8 Å². The summed E-state index contributed by atoms with van der Waals surface area (Å²) in [4.78, 5) is 34.1. The molecule has 7 heteroatoms. The summed E-state index contributed by atoms with van der Waals surface area (Å²) in [6.07, 6.45) is 4.41. The molecule has 0 aromatic rings. The first kappa shape index (κ1) is 15.4. The molecule has 7 nitrogen and oxygen atoms in total. The molecule has 0 bridgehead atoms. The molecular weight excluding hydrogens is 252 g/mol. The van der Waals surface area contributed by atoms with Gasteiger partial charge in [0, 0.05) is 12.0 Å². The van der Waals surface area contributed by atoms with E-state index in [-0.39, 0.29) is 6.42 Å². The van der Waals surface area contributed by atoms with E-state index in [1.165, 1.54) is 0 Å². The fraction of sp³-hybridized carbons (Fsp3) is 0.750. The fourth-order valence-electron chi connectivity index (χ4n) is 2.40. The van der Waals surface area contributed by atoms with Crippen molar-refractivity contribution in [2.24, 2.45) is 5.73 Å². The van der Waals surface area contributed by atoms with Crippen molar-refractivity contribution in [1.82, 2.24) is 4.90 Å². The molecule has 0 unspecified atom stereocenters. The maximum absolute atomic E-state index is 12.0. The van der Waals surface area contributed by atoms with E-state index in [1.807, 2.05) is 0 Å². The molecule has 1 aliphatic carbocycles. The Balaban J connectivity index is 2.64. The first-order valence-electron chi connectivity index (χ1n) is 6.33. The highest BCUT2D eigenvalue weighted by molar-refractivity contribution is 5.85. The largest absolute Gasteiger partial charge is 0.480 e. The summed E-state index contributed by atoms with van der Waals surface area (Å²) in [5, 5.41) is 17.4. The highest BCUT2D eigenvalue weighted by Gasteiger charge is 2.32. The number of carboxylic acids is 2. The van der Waals surface area contributed by atoms with Gasteiger partial charge in [0.15, 0.2) is 0 Å². The van der Waals surface area contributed by atoms with Gasteiger partial charge >= 0.3 is 11.9 Å². The summed E-state index contributed by atoms with van der Waals surface area (Å²) >= 11 is 0. The third kappa shape index (κ3) is 5.25. The van der Waals surface area contributed by atoms with E-state index >= 15 is 0 Å². The number of carbonyl (C=O) groups excluding carboxylic acids is 1. The number of hydrogen-bond donors (Lipinski definition) is 3. The lowest BCUT2D eigenvalue weighted by molar-refractivity contribution is -0.150. The Kier molecular flexibility index (Phi) is 5.29. The Bertz CT molecular complexity index is 347. The second-order valence-corrected chi connectivity index (χ2v) is 5.14. The van der Waals surface area contributed by atoms with Gasteiger partial charge in [-0.2, -0.15) is 0 Å². The molecule has 0 heterocycles. The monoisotopic (exact) mass is 272 g/mol. The van der Waals surface area contributed by atoms with Crippen molar-refractivity contribution < 1.29 is 24.6 Å². The van der Waals surface area contributed by atoms with Crippen LogP contribution in [0.4, 0.5) is 0 Å². The van der Waals surface area contributed by atoms with Gasteiger partial charge in [-0.1, -0.05) is 19.3 Å². The maximum Gasteiger partial charge on any atom is 0.323 e. The zero-order valence-corrected chi connectivity index (χ0v) is 10.8. The van der Waals surface area contributed by atoms with Gasteiger partial charge in [0.1, 0.15) is 13.1 Å². The molecule has 0 spiro atoms. The van der Waals surface area contributed by atoms with E-state index in [4.69, 9.17) is 15.9 Å². The Morgan fingerprint density at radius 3 is 1.89 bits per heavy atom. The first-order valence-corrected chi connectivity index (χ1v) is 6.33. The third-order valence-electron chi connectivity index (χ3n) is 3.36. The van der Waals surface area contributed by atoms with Crippen LogP contribution in [0.3, 0.4) is 0 Å². The molecule has 0 aromatic carbocycles. The smallest absolute Gasteiger partial charge is 0.323 e. The van der Waals surface area contributed by atoms with Crippen molar-refractivity contribution in [1.29, 1.82) is 0 Å². The molecule has 1 aliphatic rings. The van der Waals surface area contributed by atoms with Crippen molar-refractivity contribution in [3.8, 4) is 0 Å². The number of nitrogens with zero attached hydrogens (tertiary/aromatic N) is 1. The van der Waals surface area contributed by atoms with E-state index in [0.717, 1.165) is 24.2 Å². The van der Waals surface area contributed by atoms with Crippen molar-refractivity contribution >= 4 is 17.8 Å². The third-order valence-corrected chi connectivity index (χ3v) is 3.36.